The van der Waals surface area contributed by atoms with Crippen molar-refractivity contribution in [2.45, 2.75) is 102 Å². The number of nitrogens with zero attached hydrogens (tertiary/aromatic N) is 2. The smallest absolute Gasteiger partial charge is 0.312 e. The van der Waals surface area contributed by atoms with E-state index in [1.165, 1.54) is 0 Å². The second-order valence-corrected chi connectivity index (χ2v) is 11.3. The molecule has 0 aliphatic carbocycles. The average Bonchev–Trinajstić information content (AvgIpc) is 3.56. The van der Waals surface area contributed by atoms with Gasteiger partial charge in [-0.1, -0.05) is 25.5 Å². The zero-order valence-corrected chi connectivity index (χ0v) is 24.3. The molecule has 10 nitrogen and oxygen atoms in total. The minimum Gasteiger partial charge on any atom is -0.460 e. The van der Waals surface area contributed by atoms with E-state index in [4.69, 9.17) is 9.47 Å². The number of rotatable bonds is 17. The lowest BCUT2D eigenvalue weighted by atomic mass is 9.70. The molecule has 10 heteroatoms. The molecule has 0 radical (unpaired) electrons. The Labute approximate surface area is 238 Å². The van der Waals surface area contributed by atoms with Gasteiger partial charge >= 0.3 is 5.97 Å². The van der Waals surface area contributed by atoms with Crippen LogP contribution in [0.3, 0.4) is 0 Å². The lowest BCUT2D eigenvalue weighted by molar-refractivity contribution is -0.159. The molecule has 224 valence electrons. The topological polar surface area (TPSA) is 125 Å². The molecular weight excluding hydrogens is 514 g/mol. The van der Waals surface area contributed by atoms with Crippen LogP contribution in [-0.4, -0.2) is 94.7 Å². The molecule has 3 heterocycles. The summed E-state index contributed by atoms with van der Waals surface area (Å²) in [4.78, 5) is 57.0. The van der Waals surface area contributed by atoms with Crippen molar-refractivity contribution in [1.82, 2.24) is 15.1 Å². The first-order valence-electron chi connectivity index (χ1n) is 14.7. The molecule has 7 atom stereocenters. The predicted octanol–water partition coefficient (Wildman–Crippen LogP) is 2.35. The number of nitrogens with one attached hydrogen (secondary N) is 1. The molecule has 40 heavy (non-hydrogen) atoms. The van der Waals surface area contributed by atoms with Gasteiger partial charge in [-0.05, 0) is 52.4 Å². The van der Waals surface area contributed by atoms with E-state index in [0.717, 1.165) is 12.8 Å². The zero-order chi connectivity index (χ0) is 29.4. The van der Waals surface area contributed by atoms with Crippen molar-refractivity contribution < 1.29 is 33.8 Å². The summed E-state index contributed by atoms with van der Waals surface area (Å²) in [6.45, 7) is 14.0. The molecule has 3 amide bonds. The summed E-state index contributed by atoms with van der Waals surface area (Å²) in [5.41, 5.74) is -1.10. The van der Waals surface area contributed by atoms with Gasteiger partial charge in [-0.25, -0.2) is 0 Å². The molecule has 2 bridgehead atoms. The van der Waals surface area contributed by atoms with Gasteiger partial charge in [0.2, 0.25) is 17.7 Å². The average molecular weight is 562 g/mol. The largest absolute Gasteiger partial charge is 0.460 e. The van der Waals surface area contributed by atoms with E-state index < -0.39 is 41.7 Å². The van der Waals surface area contributed by atoms with Crippen molar-refractivity contribution in [2.24, 2.45) is 11.8 Å². The molecular formula is C30H47N3O7. The Kier molecular flexibility index (Phi) is 11.3. The summed E-state index contributed by atoms with van der Waals surface area (Å²) >= 11 is 0. The lowest BCUT2D eigenvalue weighted by Gasteiger charge is -2.39. The van der Waals surface area contributed by atoms with Crippen molar-refractivity contribution in [2.75, 3.05) is 26.2 Å². The van der Waals surface area contributed by atoms with E-state index in [2.05, 4.69) is 25.4 Å². The number of allylic oxidation sites excluding steroid dienone is 1. The number of aliphatic hydroxyl groups is 1. The molecule has 3 aliphatic rings. The van der Waals surface area contributed by atoms with Gasteiger partial charge in [-0.2, -0.15) is 0 Å². The summed E-state index contributed by atoms with van der Waals surface area (Å²) in [6, 6.07) is -0.908. The molecule has 0 aromatic carbocycles. The van der Waals surface area contributed by atoms with E-state index in [0.29, 0.717) is 51.6 Å². The SMILES string of the molecule is C=CCCC(=O)NC[C@H](C)OC(=O)[C@@H]1[C@@H]2CC[C@]3(O2)[C@H](C(=O)N(CC=C)C(C)CCC)N(CCCCO)C(=O)[C@@H]13. The van der Waals surface area contributed by atoms with E-state index in [1.54, 1.807) is 28.9 Å². The van der Waals surface area contributed by atoms with Crippen LogP contribution in [0.5, 0.6) is 0 Å². The third-order valence-corrected chi connectivity index (χ3v) is 8.44. The second kappa shape index (κ2) is 14.3. The third-order valence-electron chi connectivity index (χ3n) is 8.44. The first-order chi connectivity index (χ1) is 19.2. The highest BCUT2D eigenvalue weighted by Crippen LogP contribution is 2.59. The highest BCUT2D eigenvalue weighted by atomic mass is 16.6. The monoisotopic (exact) mass is 561 g/mol. The van der Waals surface area contributed by atoms with Crippen LogP contribution >= 0.6 is 0 Å². The van der Waals surface area contributed by atoms with Crippen LogP contribution in [0.4, 0.5) is 0 Å². The van der Waals surface area contributed by atoms with Gasteiger partial charge in [0.15, 0.2) is 0 Å². The molecule has 3 aliphatic heterocycles. The normalized spacial score (nSPS) is 28.1. The van der Waals surface area contributed by atoms with E-state index in [9.17, 15) is 24.3 Å². The molecule has 1 spiro atoms. The fourth-order valence-corrected chi connectivity index (χ4v) is 6.59. The van der Waals surface area contributed by atoms with Gasteiger partial charge in [0.1, 0.15) is 17.7 Å². The van der Waals surface area contributed by atoms with Crippen molar-refractivity contribution in [3.63, 3.8) is 0 Å². The third kappa shape index (κ3) is 6.43. The Hall–Kier alpha value is -2.72. The summed E-state index contributed by atoms with van der Waals surface area (Å²) in [5, 5.41) is 12.1. The van der Waals surface area contributed by atoms with Crippen molar-refractivity contribution in [3.05, 3.63) is 25.3 Å². The van der Waals surface area contributed by atoms with Gasteiger partial charge in [0, 0.05) is 32.2 Å². The first kappa shape index (κ1) is 31.8. The number of esters is 1. The molecule has 3 rings (SSSR count). The number of unbranched alkanes of at least 4 members (excludes halogenated alkanes) is 1. The fraction of sp³-hybridized carbons (Fsp3) is 0.733. The van der Waals surface area contributed by atoms with Crippen LogP contribution in [-0.2, 0) is 28.7 Å². The standard InChI is InChI=1S/C30H47N3O7/c1-6-9-13-23(35)31-19-21(5)39-29(38)24-22-14-15-30(40-22)25(24)27(36)33(17-10-11-18-34)26(30)28(37)32(16-8-3)20(4)12-7-2/h6,8,20-22,24-26,34H,1,3,7,9-19H2,2,4-5H3,(H,31,35)/t20?,21-,22-,24+,25+,26-,30+/m0/s1. The maximum Gasteiger partial charge on any atom is 0.312 e. The summed E-state index contributed by atoms with van der Waals surface area (Å²) in [5.74, 6) is -2.79. The van der Waals surface area contributed by atoms with Crippen LogP contribution in [0.15, 0.2) is 25.3 Å². The predicted molar refractivity (Wildman–Crippen MR) is 150 cm³/mol. The number of hydrogen-bond acceptors (Lipinski definition) is 7. The minimum absolute atomic E-state index is 0.0130. The van der Waals surface area contributed by atoms with Crippen LogP contribution in [0, 0.1) is 11.8 Å². The van der Waals surface area contributed by atoms with Crippen LogP contribution in [0.2, 0.25) is 0 Å². The zero-order valence-electron chi connectivity index (χ0n) is 24.3. The van der Waals surface area contributed by atoms with E-state index in [-0.39, 0.29) is 36.9 Å². The number of carbonyl (C=O) groups is 4. The molecule has 3 fully saturated rings. The van der Waals surface area contributed by atoms with Crippen LogP contribution in [0.1, 0.15) is 72.1 Å². The van der Waals surface area contributed by atoms with Crippen molar-refractivity contribution in [3.8, 4) is 0 Å². The number of amides is 3. The molecule has 0 saturated carbocycles. The Morgan fingerprint density at radius 2 is 2.02 bits per heavy atom. The molecule has 0 aromatic rings. The molecule has 1 unspecified atom stereocenters. The second-order valence-electron chi connectivity index (χ2n) is 11.3. The van der Waals surface area contributed by atoms with Gasteiger partial charge < -0.3 is 29.7 Å². The van der Waals surface area contributed by atoms with E-state index >= 15 is 0 Å². The summed E-state index contributed by atoms with van der Waals surface area (Å²) < 4.78 is 12.2. The fourth-order valence-electron chi connectivity index (χ4n) is 6.59. The number of aliphatic hydroxyl groups excluding tert-OH is 1. The summed E-state index contributed by atoms with van der Waals surface area (Å²) in [6.07, 6.45) is 6.91. The maximum atomic E-state index is 14.2. The quantitative estimate of drug-likeness (QED) is 0.159. The van der Waals surface area contributed by atoms with Gasteiger partial charge in [-0.3, -0.25) is 19.2 Å². The highest BCUT2D eigenvalue weighted by Gasteiger charge is 2.75. The van der Waals surface area contributed by atoms with Crippen LogP contribution < -0.4 is 5.32 Å². The Balaban J connectivity index is 1.84. The maximum absolute atomic E-state index is 14.2. The highest BCUT2D eigenvalue weighted by molar-refractivity contribution is 5.98. The van der Waals surface area contributed by atoms with Crippen molar-refractivity contribution >= 4 is 23.7 Å². The molecule has 0 aromatic heterocycles. The van der Waals surface area contributed by atoms with Gasteiger partial charge in [-0.15, -0.1) is 13.2 Å². The number of fused-ring (bicyclic) bond motifs is 1. The number of likely N-dealkylation sites (tertiary alicyclic amines) is 1. The molecule has 2 N–H and O–H groups in total. The van der Waals surface area contributed by atoms with Gasteiger partial charge in [0.25, 0.3) is 0 Å². The first-order valence-corrected chi connectivity index (χ1v) is 14.7. The summed E-state index contributed by atoms with van der Waals surface area (Å²) in [7, 11) is 0. The Morgan fingerprint density at radius 3 is 2.67 bits per heavy atom. The minimum atomic E-state index is -1.10. The lowest BCUT2D eigenvalue weighted by Crippen LogP contribution is -2.58. The van der Waals surface area contributed by atoms with E-state index in [1.807, 2.05) is 6.92 Å². The van der Waals surface area contributed by atoms with Gasteiger partial charge in [0.05, 0.1) is 24.5 Å². The number of carbonyl (C=O) groups excluding carboxylic acids is 4. The Morgan fingerprint density at radius 1 is 1.27 bits per heavy atom. The van der Waals surface area contributed by atoms with Crippen molar-refractivity contribution in [1.29, 1.82) is 0 Å². The molecule has 3 saturated heterocycles. The number of ether oxygens (including phenoxy) is 2. The van der Waals surface area contributed by atoms with Crippen LogP contribution in [0.25, 0.3) is 0 Å². The number of hydrogen-bond donors (Lipinski definition) is 2. The Bertz CT molecular complexity index is 956.